The molecule has 1 aromatic rings. The van der Waals surface area contributed by atoms with Gasteiger partial charge in [-0.3, -0.25) is 0 Å². The summed E-state index contributed by atoms with van der Waals surface area (Å²) in [6, 6.07) is 6.00. The lowest BCUT2D eigenvalue weighted by molar-refractivity contribution is 0.354. The van der Waals surface area contributed by atoms with Gasteiger partial charge in [0.1, 0.15) is 0 Å². The van der Waals surface area contributed by atoms with Gasteiger partial charge in [0.2, 0.25) is 0 Å². The van der Waals surface area contributed by atoms with Crippen LogP contribution in [0, 0.1) is 0 Å². The highest BCUT2D eigenvalue weighted by Gasteiger charge is 2.03. The van der Waals surface area contributed by atoms with Crippen LogP contribution in [0.3, 0.4) is 0 Å². The minimum absolute atomic E-state index is 0. The molecule has 0 aliphatic carbocycles. The summed E-state index contributed by atoms with van der Waals surface area (Å²) in [7, 11) is 3.31. The maximum atomic E-state index is 5.27. The standard InChI is InChI=1S/C14H24N2O2.2ClH/c1-4-15-8-5-9-16-11-12-6-7-13(17-2)14(10-12)18-3;;/h6-7,10,15-16H,4-5,8-9,11H2,1-3H3;2*1H. The zero-order valence-corrected chi connectivity index (χ0v) is 14.0. The number of hydrogen-bond acceptors (Lipinski definition) is 4. The molecule has 0 bridgehead atoms. The first kappa shape index (κ1) is 21.6. The Morgan fingerprint density at radius 3 is 2.20 bits per heavy atom. The van der Waals surface area contributed by atoms with Gasteiger partial charge in [0.25, 0.3) is 0 Å². The molecule has 0 saturated carbocycles. The molecular formula is C14H26Cl2N2O2. The van der Waals surface area contributed by atoms with E-state index in [9.17, 15) is 0 Å². The zero-order valence-electron chi connectivity index (χ0n) is 12.4. The zero-order chi connectivity index (χ0) is 13.2. The number of ether oxygens (including phenoxy) is 2. The topological polar surface area (TPSA) is 42.5 Å². The third-order valence-electron chi connectivity index (χ3n) is 2.73. The predicted octanol–water partition coefficient (Wildman–Crippen LogP) is 2.64. The molecule has 0 aliphatic rings. The fraction of sp³-hybridized carbons (Fsp3) is 0.571. The second-order valence-electron chi connectivity index (χ2n) is 4.07. The van der Waals surface area contributed by atoms with Gasteiger partial charge in [-0.2, -0.15) is 0 Å². The fourth-order valence-corrected chi connectivity index (χ4v) is 1.74. The van der Waals surface area contributed by atoms with Crippen LogP contribution in [0.25, 0.3) is 0 Å². The van der Waals surface area contributed by atoms with Crippen molar-refractivity contribution in [3.05, 3.63) is 23.8 Å². The summed E-state index contributed by atoms with van der Waals surface area (Å²) < 4.78 is 10.5. The molecule has 20 heavy (non-hydrogen) atoms. The second kappa shape index (κ2) is 13.3. The van der Waals surface area contributed by atoms with Gasteiger partial charge in [0.15, 0.2) is 11.5 Å². The molecule has 2 N–H and O–H groups in total. The Morgan fingerprint density at radius 1 is 0.950 bits per heavy atom. The van der Waals surface area contributed by atoms with Gasteiger partial charge >= 0.3 is 0 Å². The van der Waals surface area contributed by atoms with Crippen molar-refractivity contribution in [2.24, 2.45) is 0 Å². The number of hydrogen-bond donors (Lipinski definition) is 2. The first-order chi connectivity index (χ1) is 8.81. The smallest absolute Gasteiger partial charge is 0.161 e. The van der Waals surface area contributed by atoms with E-state index in [-0.39, 0.29) is 24.8 Å². The van der Waals surface area contributed by atoms with Crippen LogP contribution < -0.4 is 20.1 Å². The second-order valence-corrected chi connectivity index (χ2v) is 4.07. The molecule has 6 heteroatoms. The van der Waals surface area contributed by atoms with Gasteiger partial charge in [0.05, 0.1) is 14.2 Å². The van der Waals surface area contributed by atoms with Crippen molar-refractivity contribution in [3.8, 4) is 11.5 Å². The third kappa shape index (κ3) is 7.80. The van der Waals surface area contributed by atoms with Crippen LogP contribution in [0.1, 0.15) is 18.9 Å². The molecular weight excluding hydrogens is 299 g/mol. The lowest BCUT2D eigenvalue weighted by Gasteiger charge is -2.10. The van der Waals surface area contributed by atoms with E-state index >= 15 is 0 Å². The summed E-state index contributed by atoms with van der Waals surface area (Å²) in [6.07, 6.45) is 1.14. The monoisotopic (exact) mass is 324 g/mol. The summed E-state index contributed by atoms with van der Waals surface area (Å²) in [5.74, 6) is 1.55. The van der Waals surface area contributed by atoms with Crippen LogP contribution in [0.2, 0.25) is 0 Å². The van der Waals surface area contributed by atoms with Gasteiger partial charge in [-0.25, -0.2) is 0 Å². The molecule has 0 atom stereocenters. The fourth-order valence-electron chi connectivity index (χ4n) is 1.74. The minimum Gasteiger partial charge on any atom is -0.493 e. The van der Waals surface area contributed by atoms with E-state index in [1.807, 2.05) is 12.1 Å². The first-order valence-electron chi connectivity index (χ1n) is 6.44. The van der Waals surface area contributed by atoms with Crippen LogP contribution in [-0.4, -0.2) is 33.9 Å². The van der Waals surface area contributed by atoms with Gasteiger partial charge in [0, 0.05) is 6.54 Å². The van der Waals surface area contributed by atoms with E-state index in [0.717, 1.165) is 44.1 Å². The maximum absolute atomic E-state index is 5.27. The van der Waals surface area contributed by atoms with Crippen LogP contribution in [0.5, 0.6) is 11.5 Å². The highest BCUT2D eigenvalue weighted by molar-refractivity contribution is 5.85. The molecule has 0 aliphatic heterocycles. The van der Waals surface area contributed by atoms with Gasteiger partial charge in [-0.05, 0) is 43.8 Å². The quantitative estimate of drug-likeness (QED) is 0.685. The predicted molar refractivity (Wildman–Crippen MR) is 88.9 cm³/mol. The normalized spacial score (nSPS) is 9.35. The molecule has 0 unspecified atom stereocenters. The van der Waals surface area contributed by atoms with Crippen molar-refractivity contribution in [2.45, 2.75) is 19.9 Å². The molecule has 0 saturated heterocycles. The number of halogens is 2. The lowest BCUT2D eigenvalue weighted by atomic mass is 10.2. The van der Waals surface area contributed by atoms with Crippen molar-refractivity contribution in [1.29, 1.82) is 0 Å². The Bertz CT molecular complexity index is 352. The van der Waals surface area contributed by atoms with E-state index in [1.165, 1.54) is 5.56 Å². The van der Waals surface area contributed by atoms with E-state index in [0.29, 0.717) is 0 Å². The Balaban J connectivity index is 0. The number of benzene rings is 1. The molecule has 0 fully saturated rings. The van der Waals surface area contributed by atoms with Crippen LogP contribution in [-0.2, 0) is 6.54 Å². The molecule has 1 rings (SSSR count). The van der Waals surface area contributed by atoms with Gasteiger partial charge < -0.3 is 20.1 Å². The Labute approximate surface area is 134 Å². The van der Waals surface area contributed by atoms with Gasteiger partial charge in [-0.1, -0.05) is 13.0 Å². The van der Waals surface area contributed by atoms with Crippen molar-refractivity contribution < 1.29 is 9.47 Å². The average molecular weight is 325 g/mol. The van der Waals surface area contributed by atoms with E-state index in [4.69, 9.17) is 9.47 Å². The summed E-state index contributed by atoms with van der Waals surface area (Å²) in [6.45, 7) is 6.09. The average Bonchev–Trinajstić information content (AvgIpc) is 2.42. The van der Waals surface area contributed by atoms with Crippen LogP contribution >= 0.6 is 24.8 Å². The number of methoxy groups -OCH3 is 2. The Kier molecular flexibility index (Phi) is 14.4. The lowest BCUT2D eigenvalue weighted by Crippen LogP contribution is -2.21. The number of nitrogens with one attached hydrogen (secondary N) is 2. The van der Waals surface area contributed by atoms with Crippen molar-refractivity contribution in [2.75, 3.05) is 33.9 Å². The van der Waals surface area contributed by atoms with E-state index in [1.54, 1.807) is 14.2 Å². The molecule has 1 aromatic carbocycles. The van der Waals surface area contributed by atoms with Gasteiger partial charge in [-0.15, -0.1) is 24.8 Å². The summed E-state index contributed by atoms with van der Waals surface area (Å²) in [5.41, 5.74) is 1.20. The van der Waals surface area contributed by atoms with Crippen LogP contribution in [0.4, 0.5) is 0 Å². The minimum atomic E-state index is 0. The Morgan fingerprint density at radius 2 is 1.60 bits per heavy atom. The van der Waals surface area contributed by atoms with Crippen molar-refractivity contribution in [1.82, 2.24) is 10.6 Å². The summed E-state index contributed by atoms with van der Waals surface area (Å²) in [4.78, 5) is 0. The molecule has 4 nitrogen and oxygen atoms in total. The third-order valence-corrected chi connectivity index (χ3v) is 2.73. The highest BCUT2D eigenvalue weighted by atomic mass is 35.5. The largest absolute Gasteiger partial charge is 0.493 e. The van der Waals surface area contributed by atoms with Crippen molar-refractivity contribution >= 4 is 24.8 Å². The molecule has 0 amide bonds. The summed E-state index contributed by atoms with van der Waals surface area (Å²) >= 11 is 0. The van der Waals surface area contributed by atoms with E-state index in [2.05, 4.69) is 23.6 Å². The molecule has 118 valence electrons. The van der Waals surface area contributed by atoms with Crippen molar-refractivity contribution in [3.63, 3.8) is 0 Å². The number of rotatable bonds is 9. The summed E-state index contributed by atoms with van der Waals surface area (Å²) in [5, 5.41) is 6.72. The van der Waals surface area contributed by atoms with Crippen LogP contribution in [0.15, 0.2) is 18.2 Å². The van der Waals surface area contributed by atoms with E-state index < -0.39 is 0 Å². The highest BCUT2D eigenvalue weighted by Crippen LogP contribution is 2.27. The first-order valence-corrected chi connectivity index (χ1v) is 6.44. The SMILES string of the molecule is CCNCCCNCc1ccc(OC)c(OC)c1.Cl.Cl. The molecule has 0 heterocycles. The molecule has 0 radical (unpaired) electrons. The maximum Gasteiger partial charge on any atom is 0.161 e. The molecule has 0 spiro atoms. The molecule has 0 aromatic heterocycles. The Hall–Kier alpha value is -0.680.